The molecule has 1 unspecified atom stereocenters. The first-order valence-electron chi connectivity index (χ1n) is 8.68. The van der Waals surface area contributed by atoms with Gasteiger partial charge in [-0.15, -0.1) is 10.2 Å². The number of carbonyl (C=O) groups excluding carboxylic acids is 2. The van der Waals surface area contributed by atoms with Crippen molar-refractivity contribution in [1.82, 2.24) is 35.7 Å². The molecule has 138 valence electrons. The lowest BCUT2D eigenvalue weighted by Gasteiger charge is -2.16. The summed E-state index contributed by atoms with van der Waals surface area (Å²) in [5, 5.41) is 16.7. The average molecular weight is 357 g/mol. The minimum Gasteiger partial charge on any atom is -0.350 e. The number of rotatable bonds is 6. The number of carbonyl (C=O) groups is 2. The van der Waals surface area contributed by atoms with E-state index in [0.29, 0.717) is 25.2 Å². The molecule has 0 saturated heterocycles. The minimum absolute atomic E-state index is 0.0464. The van der Waals surface area contributed by atoms with Crippen molar-refractivity contribution in [3.63, 3.8) is 0 Å². The van der Waals surface area contributed by atoms with Crippen molar-refractivity contribution in [2.75, 3.05) is 0 Å². The molecule has 0 radical (unpaired) electrons. The molecule has 3 N–H and O–H groups in total. The highest BCUT2D eigenvalue weighted by molar-refractivity contribution is 5.81. The maximum Gasteiger partial charge on any atom is 0.315 e. The summed E-state index contributed by atoms with van der Waals surface area (Å²) in [6.07, 6.45) is 4.79. The fourth-order valence-corrected chi connectivity index (χ4v) is 2.94. The van der Waals surface area contributed by atoms with Crippen LogP contribution in [-0.4, -0.2) is 37.7 Å². The summed E-state index contributed by atoms with van der Waals surface area (Å²) in [5.74, 6) is 1.27. The van der Waals surface area contributed by atoms with Crippen LogP contribution in [-0.2, 0) is 24.3 Å². The lowest BCUT2D eigenvalue weighted by Crippen LogP contribution is -2.40. The van der Waals surface area contributed by atoms with Gasteiger partial charge in [-0.1, -0.05) is 6.07 Å². The van der Waals surface area contributed by atoms with Crippen LogP contribution in [0.25, 0.3) is 0 Å². The van der Waals surface area contributed by atoms with Gasteiger partial charge in [-0.25, -0.2) is 4.79 Å². The van der Waals surface area contributed by atoms with Crippen LogP contribution in [0.4, 0.5) is 4.79 Å². The van der Waals surface area contributed by atoms with Crippen molar-refractivity contribution in [2.45, 2.75) is 51.9 Å². The Bertz CT molecular complexity index is 773. The van der Waals surface area contributed by atoms with E-state index in [1.165, 1.54) is 0 Å². The van der Waals surface area contributed by atoms with Crippen LogP contribution < -0.4 is 16.0 Å². The lowest BCUT2D eigenvalue weighted by atomic mass is 10.2. The summed E-state index contributed by atoms with van der Waals surface area (Å²) < 4.78 is 1.83. The van der Waals surface area contributed by atoms with E-state index < -0.39 is 0 Å². The van der Waals surface area contributed by atoms with Gasteiger partial charge in [0.15, 0.2) is 5.82 Å². The molecule has 0 aromatic carbocycles. The van der Waals surface area contributed by atoms with Gasteiger partial charge in [0.05, 0.1) is 6.54 Å². The van der Waals surface area contributed by atoms with E-state index in [-0.39, 0.29) is 30.6 Å². The van der Waals surface area contributed by atoms with E-state index in [0.717, 1.165) is 11.4 Å². The summed E-state index contributed by atoms with van der Waals surface area (Å²) >= 11 is 0. The van der Waals surface area contributed by atoms with E-state index in [1.807, 2.05) is 30.5 Å². The number of fused-ring (bicyclic) bond motifs is 1. The van der Waals surface area contributed by atoms with Gasteiger partial charge in [0.1, 0.15) is 11.9 Å². The third kappa shape index (κ3) is 4.16. The van der Waals surface area contributed by atoms with Crippen molar-refractivity contribution >= 4 is 11.9 Å². The molecular formula is C17H23N7O2. The maximum absolute atomic E-state index is 12.6. The molecular weight excluding hydrogens is 334 g/mol. The van der Waals surface area contributed by atoms with Gasteiger partial charge < -0.3 is 20.5 Å². The first-order chi connectivity index (χ1) is 12.5. The molecule has 9 heteroatoms. The first kappa shape index (κ1) is 17.8. The van der Waals surface area contributed by atoms with Crippen LogP contribution in [0.5, 0.6) is 0 Å². The van der Waals surface area contributed by atoms with Crippen molar-refractivity contribution in [1.29, 1.82) is 0 Å². The Kier molecular flexibility index (Phi) is 5.45. The Morgan fingerprint density at radius 2 is 2.12 bits per heavy atom. The zero-order valence-corrected chi connectivity index (χ0v) is 14.9. The molecule has 3 rings (SSSR count). The number of nitrogens with zero attached hydrogens (tertiary/aromatic N) is 4. The number of hydrogen-bond acceptors (Lipinski definition) is 5. The van der Waals surface area contributed by atoms with Crippen molar-refractivity contribution in [3.8, 4) is 0 Å². The van der Waals surface area contributed by atoms with Crippen molar-refractivity contribution in [2.24, 2.45) is 0 Å². The summed E-state index contributed by atoms with van der Waals surface area (Å²) in [7, 11) is 0. The fourth-order valence-electron chi connectivity index (χ4n) is 2.94. The van der Waals surface area contributed by atoms with Gasteiger partial charge in [-0.3, -0.25) is 9.78 Å². The number of pyridine rings is 1. The maximum atomic E-state index is 12.6. The summed E-state index contributed by atoms with van der Waals surface area (Å²) in [4.78, 5) is 28.4. The second-order valence-electron chi connectivity index (χ2n) is 6.52. The predicted molar refractivity (Wildman–Crippen MR) is 94.0 cm³/mol. The molecule has 3 heterocycles. The molecule has 1 atom stereocenters. The van der Waals surface area contributed by atoms with Crippen LogP contribution in [0, 0.1) is 0 Å². The SMILES string of the molecule is CC(C)NC(=O)NCc1nnc2n1C(C(=O)NCc1cccnc1)CC2. The fraction of sp³-hybridized carbons (Fsp3) is 0.471. The molecule has 26 heavy (non-hydrogen) atoms. The minimum atomic E-state index is -0.360. The Morgan fingerprint density at radius 1 is 1.27 bits per heavy atom. The van der Waals surface area contributed by atoms with E-state index in [1.54, 1.807) is 12.4 Å². The first-order valence-corrected chi connectivity index (χ1v) is 8.68. The number of amides is 3. The van der Waals surface area contributed by atoms with Gasteiger partial charge in [0.25, 0.3) is 0 Å². The van der Waals surface area contributed by atoms with Gasteiger partial charge in [-0.05, 0) is 31.9 Å². The number of aromatic nitrogens is 4. The standard InChI is InChI=1S/C17H23N7O2/c1-11(2)21-17(26)20-10-15-23-22-14-6-5-13(24(14)15)16(25)19-9-12-4-3-7-18-8-12/h3-4,7-8,11,13H,5-6,9-10H2,1-2H3,(H,19,25)(H2,20,21,26). The third-order valence-corrected chi connectivity index (χ3v) is 4.11. The van der Waals surface area contributed by atoms with Gasteiger partial charge in [0, 0.05) is 31.4 Å². The molecule has 2 aromatic heterocycles. The van der Waals surface area contributed by atoms with Crippen LogP contribution in [0.3, 0.4) is 0 Å². The van der Waals surface area contributed by atoms with Gasteiger partial charge in [0.2, 0.25) is 5.91 Å². The van der Waals surface area contributed by atoms with Crippen LogP contribution in [0.15, 0.2) is 24.5 Å². The topological polar surface area (TPSA) is 114 Å². The molecule has 2 aromatic rings. The zero-order valence-electron chi connectivity index (χ0n) is 14.9. The quantitative estimate of drug-likeness (QED) is 0.704. The second kappa shape index (κ2) is 7.94. The lowest BCUT2D eigenvalue weighted by molar-refractivity contribution is -0.124. The molecule has 9 nitrogen and oxygen atoms in total. The number of hydrogen-bond donors (Lipinski definition) is 3. The predicted octanol–water partition coefficient (Wildman–Crippen LogP) is 0.684. The number of aryl methyl sites for hydroxylation is 1. The summed E-state index contributed by atoms with van der Waals surface area (Å²) in [6, 6.07) is 3.16. The molecule has 0 fully saturated rings. The summed E-state index contributed by atoms with van der Waals surface area (Å²) in [6.45, 7) is 4.41. The van der Waals surface area contributed by atoms with Gasteiger partial charge in [-0.2, -0.15) is 0 Å². The Morgan fingerprint density at radius 3 is 2.85 bits per heavy atom. The normalized spacial score (nSPS) is 15.6. The molecule has 3 amide bonds. The van der Waals surface area contributed by atoms with E-state index >= 15 is 0 Å². The van der Waals surface area contributed by atoms with E-state index in [9.17, 15) is 9.59 Å². The highest BCUT2D eigenvalue weighted by Crippen LogP contribution is 2.26. The molecule has 1 aliphatic heterocycles. The average Bonchev–Trinajstić information content (AvgIpc) is 3.20. The van der Waals surface area contributed by atoms with Crippen LogP contribution in [0.2, 0.25) is 0 Å². The van der Waals surface area contributed by atoms with Gasteiger partial charge >= 0.3 is 6.03 Å². The highest BCUT2D eigenvalue weighted by atomic mass is 16.2. The van der Waals surface area contributed by atoms with Crippen LogP contribution in [0.1, 0.15) is 43.5 Å². The highest BCUT2D eigenvalue weighted by Gasteiger charge is 2.32. The molecule has 0 bridgehead atoms. The van der Waals surface area contributed by atoms with Crippen molar-refractivity contribution in [3.05, 3.63) is 41.7 Å². The Balaban J connectivity index is 1.62. The van der Waals surface area contributed by atoms with Crippen molar-refractivity contribution < 1.29 is 9.59 Å². The number of urea groups is 1. The largest absolute Gasteiger partial charge is 0.350 e. The third-order valence-electron chi connectivity index (χ3n) is 4.11. The monoisotopic (exact) mass is 357 g/mol. The number of nitrogens with one attached hydrogen (secondary N) is 3. The Hall–Kier alpha value is -2.97. The molecule has 1 aliphatic rings. The zero-order chi connectivity index (χ0) is 18.5. The summed E-state index contributed by atoms with van der Waals surface area (Å²) in [5.41, 5.74) is 0.940. The molecule has 0 spiro atoms. The molecule has 0 aliphatic carbocycles. The Labute approximate surface area is 151 Å². The van der Waals surface area contributed by atoms with Crippen LogP contribution >= 0.6 is 0 Å². The van der Waals surface area contributed by atoms with E-state index in [4.69, 9.17) is 0 Å². The molecule has 0 saturated carbocycles. The van der Waals surface area contributed by atoms with E-state index in [2.05, 4.69) is 31.1 Å². The second-order valence-corrected chi connectivity index (χ2v) is 6.52. The smallest absolute Gasteiger partial charge is 0.315 e.